The molecule has 1 aromatic heterocycles. The minimum Gasteiger partial charge on any atom is -0.394 e. The van der Waals surface area contributed by atoms with Gasteiger partial charge in [-0.1, -0.05) is 25.1 Å². The Morgan fingerprint density at radius 3 is 2.63 bits per heavy atom. The summed E-state index contributed by atoms with van der Waals surface area (Å²) in [5.74, 6) is -0.0625. The van der Waals surface area contributed by atoms with Gasteiger partial charge in [0.25, 0.3) is 0 Å². The van der Waals surface area contributed by atoms with Crippen LogP contribution >= 0.6 is 0 Å². The van der Waals surface area contributed by atoms with Gasteiger partial charge >= 0.3 is 0 Å². The maximum absolute atomic E-state index is 11.5. The van der Waals surface area contributed by atoms with Gasteiger partial charge in [0.15, 0.2) is 0 Å². The molecule has 0 saturated carbocycles. The number of hydrogen-bond donors (Lipinski definition) is 3. The molecule has 102 valence electrons. The van der Waals surface area contributed by atoms with Crippen LogP contribution in [-0.4, -0.2) is 33.9 Å². The summed E-state index contributed by atoms with van der Waals surface area (Å²) in [7, 11) is 0. The Labute approximate surface area is 111 Å². The molecule has 3 N–H and O–H groups in total. The number of anilines is 1. The van der Waals surface area contributed by atoms with E-state index in [4.69, 9.17) is 0 Å². The standard InChI is InChI=1S/C14H18N2O3/c1-2-14(19)15-12-7-16(10(8-17)9-18)13-6-4-3-5-11(12)13/h3-7,10,17-18H,2,8-9H2,1H3,(H,15,19). The molecule has 1 amide bonds. The Hall–Kier alpha value is -1.85. The number of carbonyl (C=O) groups is 1. The summed E-state index contributed by atoms with van der Waals surface area (Å²) in [6.07, 6.45) is 2.16. The van der Waals surface area contributed by atoms with Crippen LogP contribution in [0.1, 0.15) is 19.4 Å². The first-order valence-corrected chi connectivity index (χ1v) is 6.32. The van der Waals surface area contributed by atoms with Gasteiger partial charge in [-0.3, -0.25) is 4.79 Å². The van der Waals surface area contributed by atoms with Gasteiger partial charge < -0.3 is 20.1 Å². The highest BCUT2D eigenvalue weighted by Crippen LogP contribution is 2.28. The molecule has 19 heavy (non-hydrogen) atoms. The van der Waals surface area contributed by atoms with Crippen molar-refractivity contribution in [1.29, 1.82) is 0 Å². The third-order valence-corrected chi connectivity index (χ3v) is 3.15. The Balaban J connectivity index is 2.50. The van der Waals surface area contributed by atoms with Crippen LogP contribution in [-0.2, 0) is 4.79 Å². The lowest BCUT2D eigenvalue weighted by atomic mass is 10.2. The van der Waals surface area contributed by atoms with Gasteiger partial charge in [-0.25, -0.2) is 0 Å². The fourth-order valence-electron chi connectivity index (χ4n) is 2.08. The number of aromatic nitrogens is 1. The third kappa shape index (κ3) is 2.62. The van der Waals surface area contributed by atoms with E-state index < -0.39 is 6.04 Å². The van der Waals surface area contributed by atoms with E-state index in [0.29, 0.717) is 12.1 Å². The van der Waals surface area contributed by atoms with Crippen LogP contribution in [0.2, 0.25) is 0 Å². The largest absolute Gasteiger partial charge is 0.394 e. The average molecular weight is 262 g/mol. The van der Waals surface area contributed by atoms with Crippen molar-refractivity contribution in [3.63, 3.8) is 0 Å². The van der Waals surface area contributed by atoms with E-state index in [-0.39, 0.29) is 19.1 Å². The third-order valence-electron chi connectivity index (χ3n) is 3.15. The quantitative estimate of drug-likeness (QED) is 0.764. The number of aliphatic hydroxyl groups is 2. The monoisotopic (exact) mass is 262 g/mol. The van der Waals surface area contributed by atoms with Crippen molar-refractivity contribution in [2.75, 3.05) is 18.5 Å². The number of carbonyl (C=O) groups excluding carboxylic acids is 1. The highest BCUT2D eigenvalue weighted by Gasteiger charge is 2.15. The highest BCUT2D eigenvalue weighted by atomic mass is 16.3. The summed E-state index contributed by atoms with van der Waals surface area (Å²) in [5, 5.41) is 22.4. The zero-order valence-electron chi connectivity index (χ0n) is 10.8. The maximum Gasteiger partial charge on any atom is 0.224 e. The van der Waals surface area contributed by atoms with Crippen LogP contribution in [0.5, 0.6) is 0 Å². The van der Waals surface area contributed by atoms with E-state index in [1.165, 1.54) is 0 Å². The van der Waals surface area contributed by atoms with Crippen molar-refractivity contribution in [1.82, 2.24) is 4.57 Å². The van der Waals surface area contributed by atoms with E-state index in [0.717, 1.165) is 10.9 Å². The first kappa shape index (κ1) is 13.6. The molecule has 0 spiro atoms. The number of benzene rings is 1. The Bertz CT molecular complexity index is 573. The molecule has 0 aliphatic heterocycles. The minimum atomic E-state index is -0.405. The first-order chi connectivity index (χ1) is 9.21. The Morgan fingerprint density at radius 2 is 2.00 bits per heavy atom. The van der Waals surface area contributed by atoms with Crippen LogP contribution in [0.4, 0.5) is 5.69 Å². The van der Waals surface area contributed by atoms with E-state index >= 15 is 0 Å². The second-order valence-electron chi connectivity index (χ2n) is 4.39. The summed E-state index contributed by atoms with van der Waals surface area (Å²) in [6.45, 7) is 1.48. The zero-order chi connectivity index (χ0) is 13.8. The predicted octanol–water partition coefficient (Wildman–Crippen LogP) is 1.52. The molecular weight excluding hydrogens is 244 g/mol. The number of amides is 1. The van der Waals surface area contributed by atoms with Gasteiger partial charge in [0, 0.05) is 18.0 Å². The topological polar surface area (TPSA) is 74.5 Å². The average Bonchev–Trinajstić information content (AvgIpc) is 2.80. The number of hydrogen-bond acceptors (Lipinski definition) is 3. The molecule has 5 heteroatoms. The lowest BCUT2D eigenvalue weighted by Crippen LogP contribution is -2.16. The number of aliphatic hydroxyl groups excluding tert-OH is 2. The van der Waals surface area contributed by atoms with Crippen molar-refractivity contribution in [2.45, 2.75) is 19.4 Å². The van der Waals surface area contributed by atoms with Crippen molar-refractivity contribution in [3.8, 4) is 0 Å². The number of nitrogens with one attached hydrogen (secondary N) is 1. The molecule has 0 aliphatic rings. The van der Waals surface area contributed by atoms with Gasteiger partial charge in [-0.15, -0.1) is 0 Å². The van der Waals surface area contributed by atoms with E-state index in [9.17, 15) is 15.0 Å². The van der Waals surface area contributed by atoms with Gasteiger partial charge in [-0.05, 0) is 6.07 Å². The van der Waals surface area contributed by atoms with Gasteiger partial charge in [0.1, 0.15) is 0 Å². The smallest absolute Gasteiger partial charge is 0.224 e. The van der Waals surface area contributed by atoms with Crippen LogP contribution in [0.15, 0.2) is 30.5 Å². The molecule has 0 unspecified atom stereocenters. The second-order valence-corrected chi connectivity index (χ2v) is 4.39. The molecule has 2 rings (SSSR count). The van der Waals surface area contributed by atoms with Crippen molar-refractivity contribution in [3.05, 3.63) is 30.5 Å². The number of rotatable bonds is 5. The fourth-order valence-corrected chi connectivity index (χ4v) is 2.08. The van der Waals surface area contributed by atoms with Crippen molar-refractivity contribution in [2.24, 2.45) is 0 Å². The van der Waals surface area contributed by atoms with E-state index in [1.54, 1.807) is 17.7 Å². The van der Waals surface area contributed by atoms with E-state index in [2.05, 4.69) is 5.32 Å². The number of nitrogens with zero attached hydrogens (tertiary/aromatic N) is 1. The summed E-state index contributed by atoms with van der Waals surface area (Å²) in [4.78, 5) is 11.5. The molecule has 5 nitrogen and oxygen atoms in total. The Kier molecular flexibility index (Phi) is 4.19. The molecule has 0 atom stereocenters. The van der Waals surface area contributed by atoms with Crippen LogP contribution < -0.4 is 5.32 Å². The molecule has 0 radical (unpaired) electrons. The lowest BCUT2D eigenvalue weighted by molar-refractivity contribution is -0.115. The fraction of sp³-hybridized carbons (Fsp3) is 0.357. The first-order valence-electron chi connectivity index (χ1n) is 6.32. The van der Waals surface area contributed by atoms with Crippen LogP contribution in [0.25, 0.3) is 10.9 Å². The number of fused-ring (bicyclic) bond motifs is 1. The normalized spacial score (nSPS) is 11.2. The molecule has 0 fully saturated rings. The van der Waals surface area contributed by atoms with Crippen molar-refractivity contribution >= 4 is 22.5 Å². The maximum atomic E-state index is 11.5. The SMILES string of the molecule is CCC(=O)Nc1cn(C(CO)CO)c2ccccc12. The van der Waals surface area contributed by atoms with Crippen LogP contribution in [0, 0.1) is 0 Å². The molecular formula is C14H18N2O3. The molecule has 0 saturated heterocycles. The summed E-state index contributed by atoms with van der Waals surface area (Å²) in [6, 6.07) is 7.17. The summed E-state index contributed by atoms with van der Waals surface area (Å²) >= 11 is 0. The predicted molar refractivity (Wildman–Crippen MR) is 74.1 cm³/mol. The second kappa shape index (κ2) is 5.86. The van der Waals surface area contributed by atoms with Gasteiger partial charge in [-0.2, -0.15) is 0 Å². The lowest BCUT2D eigenvalue weighted by Gasteiger charge is -2.14. The van der Waals surface area contributed by atoms with Crippen molar-refractivity contribution < 1.29 is 15.0 Å². The molecule has 0 bridgehead atoms. The molecule has 0 aliphatic carbocycles. The minimum absolute atomic E-state index is 0.0625. The molecule has 2 aromatic rings. The summed E-state index contributed by atoms with van der Waals surface area (Å²) in [5.41, 5.74) is 1.58. The highest BCUT2D eigenvalue weighted by molar-refractivity contribution is 6.01. The van der Waals surface area contributed by atoms with E-state index in [1.807, 2.05) is 24.3 Å². The Morgan fingerprint density at radius 1 is 1.32 bits per heavy atom. The van der Waals surface area contributed by atoms with Gasteiger partial charge in [0.2, 0.25) is 5.91 Å². The molecule has 1 aromatic carbocycles. The zero-order valence-corrected chi connectivity index (χ0v) is 10.8. The van der Waals surface area contributed by atoms with Gasteiger partial charge in [0.05, 0.1) is 30.5 Å². The number of para-hydroxylation sites is 1. The molecule has 1 heterocycles. The summed E-state index contributed by atoms with van der Waals surface area (Å²) < 4.78 is 1.79. The van der Waals surface area contributed by atoms with Crippen LogP contribution in [0.3, 0.4) is 0 Å².